The van der Waals surface area contributed by atoms with E-state index in [4.69, 9.17) is 11.6 Å². The van der Waals surface area contributed by atoms with Crippen molar-refractivity contribution >= 4 is 29.1 Å². The van der Waals surface area contributed by atoms with E-state index < -0.39 is 35.7 Å². The number of carbonyl (C=O) groups is 2. The third-order valence-electron chi connectivity index (χ3n) is 3.43. The minimum Gasteiger partial charge on any atom is -0.343 e. The fourth-order valence-corrected chi connectivity index (χ4v) is 2.30. The summed E-state index contributed by atoms with van der Waals surface area (Å²) >= 11 is 5.94. The van der Waals surface area contributed by atoms with Gasteiger partial charge in [-0.3, -0.25) is 9.59 Å². The van der Waals surface area contributed by atoms with Crippen molar-refractivity contribution < 1.29 is 22.8 Å². The van der Waals surface area contributed by atoms with Crippen molar-refractivity contribution in [1.82, 2.24) is 5.32 Å². The number of hydrogen-bond acceptors (Lipinski definition) is 2. The first-order valence-electron chi connectivity index (χ1n) is 7.19. The van der Waals surface area contributed by atoms with Crippen LogP contribution in [0.5, 0.6) is 0 Å². The Balaban J connectivity index is 2.03. The normalized spacial score (nSPS) is 11.1. The van der Waals surface area contributed by atoms with E-state index in [1.165, 1.54) is 12.1 Å². The fraction of sp³-hybridized carbons (Fsp3) is 0.176. The number of hydrogen-bond donors (Lipinski definition) is 2. The van der Waals surface area contributed by atoms with Gasteiger partial charge in [0.15, 0.2) is 0 Å². The lowest BCUT2D eigenvalue weighted by atomic mass is 10.1. The number of alkyl halides is 3. The summed E-state index contributed by atoms with van der Waals surface area (Å²) < 4.78 is 38.7. The summed E-state index contributed by atoms with van der Waals surface area (Å²) in [5, 5.41) is 5.18. The first-order chi connectivity index (χ1) is 11.7. The van der Waals surface area contributed by atoms with E-state index in [0.29, 0.717) is 16.3 Å². The Hall–Kier alpha value is -2.54. The third kappa shape index (κ3) is 4.73. The molecule has 0 saturated heterocycles. The lowest BCUT2D eigenvalue weighted by Crippen LogP contribution is -2.34. The average Bonchev–Trinajstić information content (AvgIpc) is 2.56. The molecule has 4 nitrogen and oxygen atoms in total. The second-order valence-electron chi connectivity index (χ2n) is 5.19. The molecule has 0 atom stereocenters. The van der Waals surface area contributed by atoms with Crippen LogP contribution in [-0.2, 0) is 11.0 Å². The van der Waals surface area contributed by atoms with Gasteiger partial charge >= 0.3 is 6.18 Å². The number of nitrogens with one attached hydrogen (secondary N) is 2. The van der Waals surface area contributed by atoms with Crippen LogP contribution in [0.25, 0.3) is 0 Å². The van der Waals surface area contributed by atoms with Crippen molar-refractivity contribution in [3.05, 3.63) is 64.2 Å². The monoisotopic (exact) mass is 370 g/mol. The molecule has 8 heteroatoms. The third-order valence-corrected chi connectivity index (χ3v) is 3.84. The summed E-state index contributed by atoms with van der Waals surface area (Å²) in [7, 11) is 0. The molecule has 0 fully saturated rings. The van der Waals surface area contributed by atoms with E-state index in [1.54, 1.807) is 25.1 Å². The first kappa shape index (κ1) is 18.8. The van der Waals surface area contributed by atoms with Gasteiger partial charge in [-0.15, -0.1) is 0 Å². The molecule has 0 radical (unpaired) electrons. The van der Waals surface area contributed by atoms with Crippen LogP contribution >= 0.6 is 11.6 Å². The van der Waals surface area contributed by atoms with Gasteiger partial charge in [0.25, 0.3) is 5.91 Å². The minimum absolute atomic E-state index is 0.459. The van der Waals surface area contributed by atoms with Crippen molar-refractivity contribution in [3.8, 4) is 0 Å². The quantitative estimate of drug-likeness (QED) is 0.853. The molecule has 0 saturated carbocycles. The highest BCUT2D eigenvalue weighted by atomic mass is 35.5. The summed E-state index contributed by atoms with van der Waals surface area (Å²) in [6.07, 6.45) is -4.66. The summed E-state index contributed by atoms with van der Waals surface area (Å²) in [6.45, 7) is 1.23. The summed E-state index contributed by atoms with van der Waals surface area (Å²) in [5.41, 5.74) is -0.492. The van der Waals surface area contributed by atoms with Crippen LogP contribution in [0.15, 0.2) is 42.5 Å². The Morgan fingerprint density at radius 2 is 1.76 bits per heavy atom. The van der Waals surface area contributed by atoms with Gasteiger partial charge in [0, 0.05) is 10.7 Å². The predicted octanol–water partition coefficient (Wildman–Crippen LogP) is 4.04. The molecule has 0 aliphatic rings. The lowest BCUT2D eigenvalue weighted by Gasteiger charge is -2.13. The molecule has 0 aromatic heterocycles. The highest BCUT2D eigenvalue weighted by Crippen LogP contribution is 2.31. The van der Waals surface area contributed by atoms with Gasteiger partial charge in [-0.05, 0) is 36.8 Å². The van der Waals surface area contributed by atoms with Crippen LogP contribution in [0, 0.1) is 6.92 Å². The van der Waals surface area contributed by atoms with Crippen LogP contribution in [0.2, 0.25) is 5.02 Å². The highest BCUT2D eigenvalue weighted by Gasteiger charge is 2.34. The maximum absolute atomic E-state index is 12.9. The Labute approximate surface area is 147 Å². The Kier molecular flexibility index (Phi) is 5.69. The molecule has 2 amide bonds. The molecule has 2 aromatic carbocycles. The molecule has 0 aliphatic carbocycles. The zero-order chi connectivity index (χ0) is 18.6. The number of rotatable bonds is 4. The zero-order valence-electron chi connectivity index (χ0n) is 13.1. The number of amides is 2. The molecular formula is C17H14ClF3N2O2. The van der Waals surface area contributed by atoms with Gasteiger partial charge in [-0.25, -0.2) is 0 Å². The first-order valence-corrected chi connectivity index (χ1v) is 7.57. The lowest BCUT2D eigenvalue weighted by molar-refractivity contribution is -0.137. The SMILES string of the molecule is Cc1c(Cl)cccc1NC(=O)CNC(=O)c1ccccc1C(F)(F)F. The number of carbonyl (C=O) groups excluding carboxylic acids is 2. The molecule has 0 bridgehead atoms. The van der Waals surface area contributed by atoms with Gasteiger partial charge < -0.3 is 10.6 Å². The van der Waals surface area contributed by atoms with Crippen molar-refractivity contribution in [3.63, 3.8) is 0 Å². The van der Waals surface area contributed by atoms with E-state index in [1.807, 2.05) is 0 Å². The largest absolute Gasteiger partial charge is 0.417 e. The Morgan fingerprint density at radius 1 is 1.08 bits per heavy atom. The van der Waals surface area contributed by atoms with Crippen molar-refractivity contribution in [2.24, 2.45) is 0 Å². The number of anilines is 1. The van der Waals surface area contributed by atoms with Crippen molar-refractivity contribution in [2.75, 3.05) is 11.9 Å². The highest BCUT2D eigenvalue weighted by molar-refractivity contribution is 6.31. The van der Waals surface area contributed by atoms with E-state index in [-0.39, 0.29) is 0 Å². The van der Waals surface area contributed by atoms with Gasteiger partial charge in [0.05, 0.1) is 17.7 Å². The van der Waals surface area contributed by atoms with Crippen LogP contribution in [0.1, 0.15) is 21.5 Å². The maximum atomic E-state index is 12.9. The smallest absolute Gasteiger partial charge is 0.343 e. The van der Waals surface area contributed by atoms with Gasteiger partial charge in [0.1, 0.15) is 0 Å². The van der Waals surface area contributed by atoms with Gasteiger partial charge in [-0.1, -0.05) is 29.8 Å². The topological polar surface area (TPSA) is 58.2 Å². The molecule has 132 valence electrons. The fourth-order valence-electron chi connectivity index (χ4n) is 2.12. The standard InChI is InChI=1S/C17H14ClF3N2O2/c1-10-13(18)7-4-8-14(10)23-15(24)9-22-16(25)11-5-2-3-6-12(11)17(19,20)21/h2-8H,9H2,1H3,(H,22,25)(H,23,24). The second-order valence-corrected chi connectivity index (χ2v) is 5.59. The molecular weight excluding hydrogens is 357 g/mol. The molecule has 25 heavy (non-hydrogen) atoms. The van der Waals surface area contributed by atoms with E-state index in [9.17, 15) is 22.8 Å². The van der Waals surface area contributed by atoms with Crippen LogP contribution in [-0.4, -0.2) is 18.4 Å². The zero-order valence-corrected chi connectivity index (χ0v) is 13.8. The second kappa shape index (κ2) is 7.57. The summed E-state index contributed by atoms with van der Waals surface area (Å²) in [5.74, 6) is -1.56. The molecule has 0 aliphatic heterocycles. The molecule has 0 heterocycles. The van der Waals surface area contributed by atoms with Crippen LogP contribution < -0.4 is 10.6 Å². The molecule has 2 N–H and O–H groups in total. The Morgan fingerprint density at radius 3 is 2.44 bits per heavy atom. The van der Waals surface area contributed by atoms with E-state index in [2.05, 4.69) is 10.6 Å². The van der Waals surface area contributed by atoms with E-state index in [0.717, 1.165) is 12.1 Å². The van der Waals surface area contributed by atoms with Gasteiger partial charge in [-0.2, -0.15) is 13.2 Å². The molecule has 0 unspecified atom stereocenters. The molecule has 2 aromatic rings. The van der Waals surface area contributed by atoms with Crippen molar-refractivity contribution in [1.29, 1.82) is 0 Å². The minimum atomic E-state index is -4.66. The van der Waals surface area contributed by atoms with Crippen LogP contribution in [0.3, 0.4) is 0 Å². The van der Waals surface area contributed by atoms with Crippen LogP contribution in [0.4, 0.5) is 18.9 Å². The molecule has 2 rings (SSSR count). The number of benzene rings is 2. The summed E-state index contributed by atoms with van der Waals surface area (Å²) in [6, 6.07) is 9.29. The average molecular weight is 371 g/mol. The van der Waals surface area contributed by atoms with Crippen molar-refractivity contribution in [2.45, 2.75) is 13.1 Å². The maximum Gasteiger partial charge on any atom is 0.417 e. The predicted molar refractivity (Wildman–Crippen MR) is 88.6 cm³/mol. The summed E-state index contributed by atoms with van der Waals surface area (Å²) in [4.78, 5) is 23.9. The number of halogens is 4. The van der Waals surface area contributed by atoms with E-state index >= 15 is 0 Å². The van der Waals surface area contributed by atoms with Gasteiger partial charge in [0.2, 0.25) is 5.91 Å². The Bertz CT molecular complexity index is 807. The molecule has 0 spiro atoms.